The van der Waals surface area contributed by atoms with Crippen molar-refractivity contribution >= 4 is 11.6 Å². The average molecular weight is 354 g/mol. The first-order valence-electron chi connectivity index (χ1n) is 9.05. The average Bonchev–Trinajstić information content (AvgIpc) is 2.99. The lowest BCUT2D eigenvalue weighted by Crippen LogP contribution is -2.35. The molecule has 0 saturated carbocycles. The monoisotopic (exact) mass is 354 g/mol. The first-order valence-corrected chi connectivity index (χ1v) is 9.05. The zero-order valence-corrected chi connectivity index (χ0v) is 15.4. The number of benzene rings is 2. The van der Waals surface area contributed by atoms with Crippen molar-refractivity contribution in [3.63, 3.8) is 0 Å². The van der Waals surface area contributed by atoms with E-state index in [9.17, 15) is 4.79 Å². The molecule has 0 radical (unpaired) electrons. The first kappa shape index (κ1) is 18.1. The van der Waals surface area contributed by atoms with Crippen LogP contribution in [0.15, 0.2) is 48.5 Å². The number of anilines is 1. The topological polar surface area (TPSA) is 50.8 Å². The van der Waals surface area contributed by atoms with Crippen molar-refractivity contribution in [3.8, 4) is 11.5 Å². The number of nitrogens with one attached hydrogen (secondary N) is 1. The molecule has 5 heteroatoms. The van der Waals surface area contributed by atoms with E-state index < -0.39 is 0 Å². The number of nitrogens with zero attached hydrogens (tertiary/aromatic N) is 1. The van der Waals surface area contributed by atoms with Crippen LogP contribution in [0.5, 0.6) is 11.5 Å². The highest BCUT2D eigenvalue weighted by Crippen LogP contribution is 2.31. The summed E-state index contributed by atoms with van der Waals surface area (Å²) in [4.78, 5) is 14.4. The summed E-state index contributed by atoms with van der Waals surface area (Å²) in [7, 11) is 1.63. The minimum Gasteiger partial charge on any atom is -0.497 e. The normalized spacial score (nSPS) is 15.5. The number of hydrogen-bond acceptors (Lipinski definition) is 4. The van der Waals surface area contributed by atoms with Gasteiger partial charge in [0, 0.05) is 24.7 Å². The minimum absolute atomic E-state index is 0.0555. The van der Waals surface area contributed by atoms with Crippen LogP contribution in [0.4, 0.5) is 5.69 Å². The Bertz CT molecular complexity index is 730. The van der Waals surface area contributed by atoms with E-state index in [2.05, 4.69) is 41.4 Å². The molecule has 0 spiro atoms. The van der Waals surface area contributed by atoms with Gasteiger partial charge in [0.15, 0.2) is 0 Å². The number of ether oxygens (including phenoxy) is 2. The van der Waals surface area contributed by atoms with E-state index in [1.54, 1.807) is 7.11 Å². The van der Waals surface area contributed by atoms with E-state index in [4.69, 9.17) is 9.47 Å². The summed E-state index contributed by atoms with van der Waals surface area (Å²) in [5.74, 6) is 1.62. The van der Waals surface area contributed by atoms with Crippen molar-refractivity contribution in [1.29, 1.82) is 0 Å². The third-order valence-corrected chi connectivity index (χ3v) is 4.68. The van der Waals surface area contributed by atoms with Crippen LogP contribution >= 0.6 is 0 Å². The lowest BCUT2D eigenvalue weighted by molar-refractivity contribution is -0.121. The van der Waals surface area contributed by atoms with Crippen molar-refractivity contribution < 1.29 is 14.3 Å². The molecule has 138 valence electrons. The van der Waals surface area contributed by atoms with Gasteiger partial charge in [0.25, 0.3) is 0 Å². The second-order valence-electron chi connectivity index (χ2n) is 6.50. The van der Waals surface area contributed by atoms with Crippen LogP contribution < -0.4 is 19.7 Å². The molecule has 0 saturated heterocycles. The van der Waals surface area contributed by atoms with Crippen LogP contribution in [0.2, 0.25) is 0 Å². The van der Waals surface area contributed by atoms with Gasteiger partial charge in [0.2, 0.25) is 5.91 Å². The van der Waals surface area contributed by atoms with E-state index >= 15 is 0 Å². The Hall–Kier alpha value is -2.69. The lowest BCUT2D eigenvalue weighted by atomic mass is 10.1. The summed E-state index contributed by atoms with van der Waals surface area (Å²) in [5, 5.41) is 2.92. The van der Waals surface area contributed by atoms with Crippen molar-refractivity contribution in [2.24, 2.45) is 0 Å². The fraction of sp³-hybridized carbons (Fsp3) is 0.381. The number of carbonyl (C=O) groups excluding carboxylic acids is 1. The smallest absolute Gasteiger partial charge is 0.221 e. The fourth-order valence-electron chi connectivity index (χ4n) is 3.31. The Labute approximate surface area is 154 Å². The molecule has 5 nitrogen and oxygen atoms in total. The van der Waals surface area contributed by atoms with Gasteiger partial charge in [0.05, 0.1) is 13.7 Å². The largest absolute Gasteiger partial charge is 0.497 e. The molecule has 1 amide bonds. The molecule has 3 rings (SSSR count). The number of carbonyl (C=O) groups is 1. The highest BCUT2D eigenvalue weighted by atomic mass is 16.5. The Morgan fingerprint density at radius 1 is 1.15 bits per heavy atom. The van der Waals surface area contributed by atoms with E-state index in [1.807, 2.05) is 24.3 Å². The van der Waals surface area contributed by atoms with Crippen molar-refractivity contribution in [1.82, 2.24) is 5.32 Å². The van der Waals surface area contributed by atoms with E-state index in [0.717, 1.165) is 24.5 Å². The minimum atomic E-state index is 0.0555. The first-order chi connectivity index (χ1) is 12.7. The predicted molar refractivity (Wildman–Crippen MR) is 103 cm³/mol. The number of fused-ring (bicyclic) bond motifs is 1. The third kappa shape index (κ3) is 4.48. The molecule has 1 aliphatic heterocycles. The van der Waals surface area contributed by atoms with Gasteiger partial charge in [-0.1, -0.05) is 18.2 Å². The molecule has 2 aromatic rings. The SMILES string of the molecule is COc1ccc(OCCNC(=O)CCN2c3ccccc3CC2C)cc1. The summed E-state index contributed by atoms with van der Waals surface area (Å²) in [6.45, 7) is 3.89. The summed E-state index contributed by atoms with van der Waals surface area (Å²) in [6.07, 6.45) is 1.54. The molecule has 0 aliphatic carbocycles. The maximum Gasteiger partial charge on any atom is 0.221 e. The van der Waals surface area contributed by atoms with Gasteiger partial charge in [-0.3, -0.25) is 4.79 Å². The highest BCUT2D eigenvalue weighted by molar-refractivity contribution is 5.76. The molecule has 1 atom stereocenters. The lowest BCUT2D eigenvalue weighted by Gasteiger charge is -2.24. The number of rotatable bonds is 8. The number of hydrogen-bond donors (Lipinski definition) is 1. The second kappa shape index (κ2) is 8.61. The van der Waals surface area contributed by atoms with Gasteiger partial charge >= 0.3 is 0 Å². The molecule has 2 aromatic carbocycles. The molecule has 1 N–H and O–H groups in total. The number of methoxy groups -OCH3 is 1. The maximum absolute atomic E-state index is 12.1. The summed E-state index contributed by atoms with van der Waals surface area (Å²) < 4.78 is 10.7. The van der Waals surface area contributed by atoms with Crippen molar-refractivity contribution in [3.05, 3.63) is 54.1 Å². The molecule has 0 aromatic heterocycles. The fourth-order valence-corrected chi connectivity index (χ4v) is 3.31. The molecule has 1 heterocycles. The number of para-hydroxylation sites is 1. The molecular formula is C21H26N2O3. The summed E-state index contributed by atoms with van der Waals surface area (Å²) in [5.41, 5.74) is 2.63. The van der Waals surface area contributed by atoms with Crippen LogP contribution in [-0.4, -0.2) is 38.8 Å². The second-order valence-corrected chi connectivity index (χ2v) is 6.50. The Morgan fingerprint density at radius 2 is 1.88 bits per heavy atom. The van der Waals surface area contributed by atoms with Gasteiger partial charge in [-0.2, -0.15) is 0 Å². The number of amides is 1. The predicted octanol–water partition coefficient (Wildman–Crippen LogP) is 3.03. The Morgan fingerprint density at radius 3 is 2.65 bits per heavy atom. The molecular weight excluding hydrogens is 328 g/mol. The van der Waals surface area contributed by atoms with Gasteiger partial charge < -0.3 is 19.7 Å². The quantitative estimate of drug-likeness (QED) is 0.741. The van der Waals surface area contributed by atoms with Crippen LogP contribution in [0.25, 0.3) is 0 Å². The maximum atomic E-state index is 12.1. The summed E-state index contributed by atoms with van der Waals surface area (Å²) in [6, 6.07) is 16.3. The Kier molecular flexibility index (Phi) is 6.00. The van der Waals surface area contributed by atoms with Gasteiger partial charge in [-0.25, -0.2) is 0 Å². The molecule has 0 fully saturated rings. The van der Waals surface area contributed by atoms with Crippen LogP contribution in [-0.2, 0) is 11.2 Å². The van der Waals surface area contributed by atoms with Crippen molar-refractivity contribution in [2.75, 3.05) is 31.7 Å². The van der Waals surface area contributed by atoms with Crippen LogP contribution in [0, 0.1) is 0 Å². The van der Waals surface area contributed by atoms with E-state index in [0.29, 0.717) is 25.6 Å². The van der Waals surface area contributed by atoms with Gasteiger partial charge in [-0.15, -0.1) is 0 Å². The molecule has 26 heavy (non-hydrogen) atoms. The highest BCUT2D eigenvalue weighted by Gasteiger charge is 2.25. The van der Waals surface area contributed by atoms with Crippen LogP contribution in [0.1, 0.15) is 18.9 Å². The van der Waals surface area contributed by atoms with E-state index in [-0.39, 0.29) is 5.91 Å². The molecule has 0 bridgehead atoms. The van der Waals surface area contributed by atoms with Crippen molar-refractivity contribution in [2.45, 2.75) is 25.8 Å². The van der Waals surface area contributed by atoms with Gasteiger partial charge in [0.1, 0.15) is 18.1 Å². The Balaban J connectivity index is 1.37. The zero-order chi connectivity index (χ0) is 18.4. The van der Waals surface area contributed by atoms with Crippen LogP contribution in [0.3, 0.4) is 0 Å². The summed E-state index contributed by atoms with van der Waals surface area (Å²) >= 11 is 0. The third-order valence-electron chi connectivity index (χ3n) is 4.68. The van der Waals surface area contributed by atoms with Gasteiger partial charge in [-0.05, 0) is 49.2 Å². The zero-order valence-electron chi connectivity index (χ0n) is 15.4. The molecule has 1 aliphatic rings. The van der Waals surface area contributed by atoms with E-state index in [1.165, 1.54) is 11.3 Å². The standard InChI is InChI=1S/C21H26N2O3/c1-16-15-17-5-3-4-6-20(17)23(16)13-11-21(24)22-12-14-26-19-9-7-18(25-2)8-10-19/h3-10,16H,11-15H2,1-2H3,(H,22,24). The molecule has 1 unspecified atom stereocenters.